The molecular weight excluding hydrogens is 228 g/mol. The lowest BCUT2D eigenvalue weighted by molar-refractivity contribution is 0.413. The van der Waals surface area contributed by atoms with Gasteiger partial charge in [0.2, 0.25) is 5.56 Å². The van der Waals surface area contributed by atoms with Gasteiger partial charge in [-0.1, -0.05) is 6.07 Å². The highest BCUT2D eigenvalue weighted by Gasteiger charge is 2.18. The Hall–Kier alpha value is -1.81. The van der Waals surface area contributed by atoms with E-state index in [1.54, 1.807) is 12.3 Å². The molecule has 0 spiro atoms. The number of nitrogens with one attached hydrogen (secondary N) is 2. The highest BCUT2D eigenvalue weighted by Crippen LogP contribution is 2.18. The van der Waals surface area contributed by atoms with E-state index in [1.807, 2.05) is 18.2 Å². The molecule has 0 amide bonds. The Kier molecular flexibility index (Phi) is 3.02. The molecule has 0 unspecified atom stereocenters. The van der Waals surface area contributed by atoms with Crippen molar-refractivity contribution in [1.29, 1.82) is 0 Å². The minimum absolute atomic E-state index is 0.00394. The molecule has 1 aliphatic rings. The minimum Gasteiger partial charge on any atom is -0.468 e. The summed E-state index contributed by atoms with van der Waals surface area (Å²) in [6.07, 6.45) is 4.64. The Labute approximate surface area is 105 Å². The van der Waals surface area contributed by atoms with Gasteiger partial charge in [-0.2, -0.15) is 0 Å². The van der Waals surface area contributed by atoms with Crippen molar-refractivity contribution in [1.82, 2.24) is 10.3 Å². The third kappa shape index (κ3) is 2.38. The summed E-state index contributed by atoms with van der Waals surface area (Å²) in [5.74, 6) is 0.960. The predicted molar refractivity (Wildman–Crippen MR) is 68.4 cm³/mol. The standard InChI is InChI=1S/C14H16N2O2/c17-14-6-3-10-8-11(4-5-13(10)16-14)15-9-12-2-1-7-18-12/h1-3,6-7,11,15H,4-5,8-9H2,(H,16,17)/t11-/m0/s1. The molecule has 0 radical (unpaired) electrons. The molecule has 4 nitrogen and oxygen atoms in total. The number of H-pyrrole nitrogens is 1. The van der Waals surface area contributed by atoms with Crippen molar-refractivity contribution >= 4 is 0 Å². The summed E-state index contributed by atoms with van der Waals surface area (Å²) in [4.78, 5) is 14.1. The van der Waals surface area contributed by atoms with E-state index in [0.29, 0.717) is 6.04 Å². The lowest BCUT2D eigenvalue weighted by atomic mass is 9.92. The predicted octanol–water partition coefficient (Wildman–Crippen LogP) is 1.61. The highest BCUT2D eigenvalue weighted by molar-refractivity contribution is 5.24. The summed E-state index contributed by atoms with van der Waals surface area (Å²) in [5, 5.41) is 3.49. The van der Waals surface area contributed by atoms with Crippen LogP contribution in [-0.4, -0.2) is 11.0 Å². The summed E-state index contributed by atoms with van der Waals surface area (Å²) < 4.78 is 5.30. The van der Waals surface area contributed by atoms with Gasteiger partial charge in [0.1, 0.15) is 5.76 Å². The van der Waals surface area contributed by atoms with Gasteiger partial charge in [-0.25, -0.2) is 0 Å². The first kappa shape index (κ1) is 11.3. The van der Waals surface area contributed by atoms with E-state index >= 15 is 0 Å². The van der Waals surface area contributed by atoms with Gasteiger partial charge in [-0.15, -0.1) is 0 Å². The van der Waals surface area contributed by atoms with Crippen LogP contribution in [0.15, 0.2) is 39.7 Å². The number of hydrogen-bond donors (Lipinski definition) is 2. The van der Waals surface area contributed by atoms with E-state index < -0.39 is 0 Å². The average molecular weight is 244 g/mol. The molecule has 1 atom stereocenters. The normalized spacial score (nSPS) is 18.6. The largest absolute Gasteiger partial charge is 0.468 e. The van der Waals surface area contributed by atoms with Crippen molar-refractivity contribution in [2.45, 2.75) is 31.8 Å². The van der Waals surface area contributed by atoms with Crippen LogP contribution in [0, 0.1) is 0 Å². The molecule has 4 heteroatoms. The first-order valence-corrected chi connectivity index (χ1v) is 6.28. The van der Waals surface area contributed by atoms with Crippen molar-refractivity contribution in [3.8, 4) is 0 Å². The molecule has 94 valence electrons. The highest BCUT2D eigenvalue weighted by atomic mass is 16.3. The summed E-state index contributed by atoms with van der Waals surface area (Å²) in [7, 11) is 0. The van der Waals surface area contributed by atoms with Crippen LogP contribution < -0.4 is 10.9 Å². The zero-order chi connectivity index (χ0) is 12.4. The van der Waals surface area contributed by atoms with Gasteiger partial charge in [0.15, 0.2) is 0 Å². The monoisotopic (exact) mass is 244 g/mol. The van der Waals surface area contributed by atoms with Crippen LogP contribution >= 0.6 is 0 Å². The second kappa shape index (κ2) is 4.82. The van der Waals surface area contributed by atoms with Crippen molar-refractivity contribution < 1.29 is 4.42 Å². The first-order chi connectivity index (χ1) is 8.81. The third-order valence-corrected chi connectivity index (χ3v) is 3.45. The number of furan rings is 1. The fraction of sp³-hybridized carbons (Fsp3) is 0.357. The van der Waals surface area contributed by atoms with E-state index in [4.69, 9.17) is 4.42 Å². The molecule has 0 aliphatic heterocycles. The zero-order valence-electron chi connectivity index (χ0n) is 10.1. The molecule has 2 aromatic rings. The van der Waals surface area contributed by atoms with Crippen LogP contribution in [0.5, 0.6) is 0 Å². The van der Waals surface area contributed by atoms with Crippen molar-refractivity contribution in [2.24, 2.45) is 0 Å². The summed E-state index contributed by atoms with van der Waals surface area (Å²) in [5.41, 5.74) is 2.34. The quantitative estimate of drug-likeness (QED) is 0.862. The van der Waals surface area contributed by atoms with Gasteiger partial charge in [0.05, 0.1) is 12.8 Å². The summed E-state index contributed by atoms with van der Waals surface area (Å²) in [6.45, 7) is 0.760. The number of aromatic amines is 1. The molecule has 0 aromatic carbocycles. The van der Waals surface area contributed by atoms with Gasteiger partial charge < -0.3 is 14.7 Å². The number of hydrogen-bond acceptors (Lipinski definition) is 3. The first-order valence-electron chi connectivity index (χ1n) is 6.28. The van der Waals surface area contributed by atoms with Gasteiger partial charge >= 0.3 is 0 Å². The van der Waals surface area contributed by atoms with Crippen molar-refractivity contribution in [3.63, 3.8) is 0 Å². The summed E-state index contributed by atoms with van der Waals surface area (Å²) >= 11 is 0. The minimum atomic E-state index is -0.00394. The second-order valence-corrected chi connectivity index (χ2v) is 4.73. The van der Waals surface area contributed by atoms with E-state index in [9.17, 15) is 4.79 Å². The molecule has 18 heavy (non-hydrogen) atoms. The van der Waals surface area contributed by atoms with E-state index in [2.05, 4.69) is 10.3 Å². The molecule has 2 heterocycles. The van der Waals surface area contributed by atoms with Crippen LogP contribution in [0.3, 0.4) is 0 Å². The lowest BCUT2D eigenvalue weighted by Crippen LogP contribution is -2.35. The van der Waals surface area contributed by atoms with Crippen molar-refractivity contribution in [3.05, 3.63) is 57.9 Å². The SMILES string of the molecule is O=c1ccc2c([nH]1)CC[C@H](NCc1ccco1)C2. The molecule has 2 N–H and O–H groups in total. The Morgan fingerprint density at radius 1 is 1.39 bits per heavy atom. The van der Waals surface area contributed by atoms with Gasteiger partial charge in [-0.3, -0.25) is 4.79 Å². The molecule has 0 saturated heterocycles. The lowest BCUT2D eigenvalue weighted by Gasteiger charge is -2.24. The number of fused-ring (bicyclic) bond motifs is 1. The van der Waals surface area contributed by atoms with Crippen LogP contribution in [0.2, 0.25) is 0 Å². The second-order valence-electron chi connectivity index (χ2n) is 4.73. The molecule has 0 bridgehead atoms. The van der Waals surface area contributed by atoms with Gasteiger partial charge in [0, 0.05) is 17.8 Å². The maximum absolute atomic E-state index is 11.2. The Morgan fingerprint density at radius 2 is 2.33 bits per heavy atom. The molecule has 1 aliphatic carbocycles. The van der Waals surface area contributed by atoms with Crippen LogP contribution in [0.25, 0.3) is 0 Å². The summed E-state index contributed by atoms with van der Waals surface area (Å²) in [6, 6.07) is 7.87. The number of pyridine rings is 1. The van der Waals surface area contributed by atoms with E-state index in [-0.39, 0.29) is 5.56 Å². The van der Waals surface area contributed by atoms with Gasteiger partial charge in [0.25, 0.3) is 0 Å². The molecule has 2 aromatic heterocycles. The Morgan fingerprint density at radius 3 is 3.17 bits per heavy atom. The van der Waals surface area contributed by atoms with Crippen LogP contribution in [-0.2, 0) is 19.4 Å². The molecule has 0 saturated carbocycles. The molecular formula is C14H16N2O2. The number of aryl methyl sites for hydroxylation is 1. The zero-order valence-corrected chi connectivity index (χ0v) is 10.1. The maximum Gasteiger partial charge on any atom is 0.248 e. The fourth-order valence-corrected chi connectivity index (χ4v) is 2.48. The molecule has 0 fully saturated rings. The number of aromatic nitrogens is 1. The maximum atomic E-state index is 11.2. The topological polar surface area (TPSA) is 58.0 Å². The van der Waals surface area contributed by atoms with Crippen molar-refractivity contribution in [2.75, 3.05) is 0 Å². The smallest absolute Gasteiger partial charge is 0.248 e. The van der Waals surface area contributed by atoms with E-state index in [0.717, 1.165) is 37.3 Å². The third-order valence-electron chi connectivity index (χ3n) is 3.45. The number of rotatable bonds is 3. The fourth-order valence-electron chi connectivity index (χ4n) is 2.48. The molecule has 3 rings (SSSR count). The van der Waals surface area contributed by atoms with Gasteiger partial charge in [-0.05, 0) is 37.0 Å². The van der Waals surface area contributed by atoms with Crippen LogP contribution in [0.1, 0.15) is 23.4 Å². The Bertz CT molecular complexity index is 572. The van der Waals surface area contributed by atoms with Crippen LogP contribution in [0.4, 0.5) is 0 Å². The van der Waals surface area contributed by atoms with E-state index in [1.165, 1.54) is 5.56 Å². The average Bonchev–Trinajstić information content (AvgIpc) is 2.89. The Balaban J connectivity index is 1.64.